The van der Waals surface area contributed by atoms with Crippen LogP contribution in [0.15, 0.2) is 0 Å². The molecule has 1 heterocycles. The van der Waals surface area contributed by atoms with Gasteiger partial charge in [-0.25, -0.2) is 0 Å². The van der Waals surface area contributed by atoms with Gasteiger partial charge in [-0.2, -0.15) is 0 Å². The van der Waals surface area contributed by atoms with Gasteiger partial charge in [0.05, 0.1) is 6.10 Å². The van der Waals surface area contributed by atoms with E-state index in [0.717, 1.165) is 39.1 Å². The summed E-state index contributed by atoms with van der Waals surface area (Å²) in [5.41, 5.74) is 5.50. The first-order valence-electron chi connectivity index (χ1n) is 8.72. The second-order valence-electron chi connectivity index (χ2n) is 7.49. The maximum atomic E-state index is 12.9. The number of nitrogens with zero attached hydrogens (tertiary/aromatic N) is 1. The zero-order chi connectivity index (χ0) is 16.5. The molecule has 5 nitrogen and oxygen atoms in total. The van der Waals surface area contributed by atoms with Gasteiger partial charge in [0, 0.05) is 30.5 Å². The summed E-state index contributed by atoms with van der Waals surface area (Å²) in [7, 11) is 0. The van der Waals surface area contributed by atoms with Crippen molar-refractivity contribution in [3.63, 3.8) is 0 Å². The van der Waals surface area contributed by atoms with Gasteiger partial charge in [-0.15, -0.1) is 24.8 Å². The SMILES string of the molecule is CCN(CC)CC(C)NC(=O)C1(N)C2CCCOC2C1(C)C.Cl.Cl. The number of amides is 1. The van der Waals surface area contributed by atoms with Crippen LogP contribution in [0.2, 0.25) is 0 Å². The lowest BCUT2D eigenvalue weighted by Crippen LogP contribution is -2.82. The molecule has 24 heavy (non-hydrogen) atoms. The highest BCUT2D eigenvalue weighted by Crippen LogP contribution is 2.57. The van der Waals surface area contributed by atoms with Crippen molar-refractivity contribution in [3.05, 3.63) is 0 Å². The number of hydrogen-bond acceptors (Lipinski definition) is 4. The fraction of sp³-hybridized carbons (Fsp3) is 0.941. The number of rotatable bonds is 6. The van der Waals surface area contributed by atoms with Gasteiger partial charge < -0.3 is 20.7 Å². The van der Waals surface area contributed by atoms with E-state index in [4.69, 9.17) is 10.5 Å². The second-order valence-corrected chi connectivity index (χ2v) is 7.49. The van der Waals surface area contributed by atoms with E-state index in [1.165, 1.54) is 0 Å². The molecular formula is C17H35Cl2N3O2. The third kappa shape index (κ3) is 3.85. The molecule has 0 aromatic carbocycles. The summed E-state index contributed by atoms with van der Waals surface area (Å²) in [6.45, 7) is 14.1. The van der Waals surface area contributed by atoms with Crippen LogP contribution >= 0.6 is 24.8 Å². The molecule has 0 aromatic heterocycles. The van der Waals surface area contributed by atoms with Crippen LogP contribution in [0.1, 0.15) is 47.5 Å². The topological polar surface area (TPSA) is 67.6 Å². The lowest BCUT2D eigenvalue weighted by molar-refractivity contribution is -0.225. The highest BCUT2D eigenvalue weighted by molar-refractivity contribution is 5.89. The number of nitrogens with one attached hydrogen (secondary N) is 1. The van der Waals surface area contributed by atoms with Gasteiger partial charge in [0.15, 0.2) is 0 Å². The second kappa shape index (κ2) is 9.04. The Balaban J connectivity index is 0.00000264. The molecule has 4 unspecified atom stereocenters. The predicted molar refractivity (Wildman–Crippen MR) is 103 cm³/mol. The summed E-state index contributed by atoms with van der Waals surface area (Å²) in [5.74, 6) is 0.140. The summed E-state index contributed by atoms with van der Waals surface area (Å²) >= 11 is 0. The number of carbonyl (C=O) groups excluding carboxylic acids is 1. The van der Waals surface area contributed by atoms with Crippen molar-refractivity contribution in [2.75, 3.05) is 26.2 Å². The van der Waals surface area contributed by atoms with Gasteiger partial charge in [0.25, 0.3) is 0 Å². The number of ether oxygens (including phenoxy) is 1. The Bertz CT molecular complexity index is 419. The van der Waals surface area contributed by atoms with Crippen molar-refractivity contribution in [1.29, 1.82) is 0 Å². The number of hydrogen-bond donors (Lipinski definition) is 2. The summed E-state index contributed by atoms with van der Waals surface area (Å²) in [4.78, 5) is 15.2. The molecular weight excluding hydrogens is 349 g/mol. The normalized spacial score (nSPS) is 31.8. The Morgan fingerprint density at radius 3 is 2.46 bits per heavy atom. The molecule has 0 aromatic rings. The standard InChI is InChI=1S/C17H33N3O2.2ClH/c1-6-20(7-2)11-12(3)19-15(21)17(18)13-9-8-10-22-14(13)16(17,4)5;;/h12-14H,6-11,18H2,1-5H3,(H,19,21);2*1H. The third-order valence-electron chi connectivity index (χ3n) is 5.86. The zero-order valence-electron chi connectivity index (χ0n) is 15.6. The number of halogens is 2. The van der Waals surface area contributed by atoms with Crippen molar-refractivity contribution < 1.29 is 9.53 Å². The highest BCUT2D eigenvalue weighted by atomic mass is 35.5. The molecule has 1 aliphatic carbocycles. The minimum atomic E-state index is -0.810. The largest absolute Gasteiger partial charge is 0.377 e. The number of nitrogens with two attached hydrogens (primary N) is 1. The molecule has 1 saturated carbocycles. The van der Waals surface area contributed by atoms with E-state index >= 15 is 0 Å². The van der Waals surface area contributed by atoms with Gasteiger partial charge in [0.1, 0.15) is 5.54 Å². The van der Waals surface area contributed by atoms with E-state index in [9.17, 15) is 4.79 Å². The van der Waals surface area contributed by atoms with Crippen molar-refractivity contribution in [2.45, 2.75) is 65.1 Å². The van der Waals surface area contributed by atoms with E-state index in [-0.39, 0.29) is 54.2 Å². The zero-order valence-corrected chi connectivity index (χ0v) is 17.3. The fourth-order valence-electron chi connectivity index (χ4n) is 4.29. The first kappa shape index (κ1) is 23.9. The summed E-state index contributed by atoms with van der Waals surface area (Å²) in [5, 5.41) is 3.15. The molecule has 4 atom stereocenters. The minimum Gasteiger partial charge on any atom is -0.377 e. The van der Waals surface area contributed by atoms with Gasteiger partial charge in [-0.3, -0.25) is 4.79 Å². The lowest BCUT2D eigenvalue weighted by Gasteiger charge is -2.65. The molecule has 1 amide bonds. The van der Waals surface area contributed by atoms with Crippen LogP contribution in [-0.4, -0.2) is 54.7 Å². The van der Waals surface area contributed by atoms with E-state index in [2.05, 4.69) is 44.8 Å². The molecule has 144 valence electrons. The highest BCUT2D eigenvalue weighted by Gasteiger charge is 2.70. The fourth-order valence-corrected chi connectivity index (χ4v) is 4.29. The molecule has 0 radical (unpaired) electrons. The number of fused-ring (bicyclic) bond motifs is 1. The van der Waals surface area contributed by atoms with Crippen LogP contribution in [0.3, 0.4) is 0 Å². The predicted octanol–water partition coefficient (Wildman–Crippen LogP) is 2.21. The summed E-state index contributed by atoms with van der Waals surface area (Å²) in [6, 6.07) is 0.104. The first-order valence-corrected chi connectivity index (χ1v) is 8.72. The Morgan fingerprint density at radius 2 is 1.92 bits per heavy atom. The van der Waals surface area contributed by atoms with Crippen LogP contribution in [-0.2, 0) is 9.53 Å². The molecule has 7 heteroatoms. The Morgan fingerprint density at radius 1 is 1.33 bits per heavy atom. The van der Waals surface area contributed by atoms with Crippen LogP contribution in [0.5, 0.6) is 0 Å². The van der Waals surface area contributed by atoms with E-state index in [1.807, 2.05) is 0 Å². The maximum absolute atomic E-state index is 12.9. The number of carbonyl (C=O) groups is 1. The van der Waals surface area contributed by atoms with Gasteiger partial charge >= 0.3 is 0 Å². The van der Waals surface area contributed by atoms with Crippen molar-refractivity contribution in [3.8, 4) is 0 Å². The van der Waals surface area contributed by atoms with Crippen molar-refractivity contribution in [2.24, 2.45) is 17.1 Å². The molecule has 2 aliphatic rings. The van der Waals surface area contributed by atoms with Crippen molar-refractivity contribution in [1.82, 2.24) is 10.2 Å². The lowest BCUT2D eigenvalue weighted by atomic mass is 9.46. The van der Waals surface area contributed by atoms with E-state index < -0.39 is 5.54 Å². The van der Waals surface area contributed by atoms with Gasteiger partial charge in [-0.05, 0) is 32.9 Å². The molecule has 2 fully saturated rings. The molecule has 3 N–H and O–H groups in total. The number of likely N-dealkylation sites (N-methyl/N-ethyl adjacent to an activating group) is 1. The molecule has 0 bridgehead atoms. The van der Waals surface area contributed by atoms with Crippen LogP contribution in [0.4, 0.5) is 0 Å². The van der Waals surface area contributed by atoms with Gasteiger partial charge in [-0.1, -0.05) is 27.7 Å². The first-order chi connectivity index (χ1) is 10.3. The molecule has 0 spiro atoms. The Labute approximate surface area is 159 Å². The Kier molecular flexibility index (Phi) is 9.01. The van der Waals surface area contributed by atoms with Crippen LogP contribution in [0, 0.1) is 11.3 Å². The molecule has 1 saturated heterocycles. The Hall–Kier alpha value is -0.0700. The van der Waals surface area contributed by atoms with Crippen LogP contribution in [0.25, 0.3) is 0 Å². The maximum Gasteiger partial charge on any atom is 0.241 e. The van der Waals surface area contributed by atoms with Crippen LogP contribution < -0.4 is 11.1 Å². The molecule has 1 aliphatic heterocycles. The monoisotopic (exact) mass is 383 g/mol. The van der Waals surface area contributed by atoms with E-state index in [1.54, 1.807) is 0 Å². The smallest absolute Gasteiger partial charge is 0.241 e. The van der Waals surface area contributed by atoms with Crippen molar-refractivity contribution >= 4 is 30.7 Å². The van der Waals surface area contributed by atoms with E-state index in [0.29, 0.717) is 0 Å². The summed E-state index contributed by atoms with van der Waals surface area (Å²) < 4.78 is 5.87. The average molecular weight is 384 g/mol. The molecule has 2 rings (SSSR count). The quantitative estimate of drug-likeness (QED) is 0.737. The minimum absolute atomic E-state index is 0. The average Bonchev–Trinajstić information content (AvgIpc) is 2.51. The van der Waals surface area contributed by atoms with Gasteiger partial charge in [0.2, 0.25) is 5.91 Å². The summed E-state index contributed by atoms with van der Waals surface area (Å²) in [6.07, 6.45) is 2.11. The third-order valence-corrected chi connectivity index (χ3v) is 5.86.